The number of carbonyl (C=O) groups excluding carboxylic acids is 1. The highest BCUT2D eigenvalue weighted by Gasteiger charge is 2.21. The second-order valence-electron chi connectivity index (χ2n) is 3.39. The van der Waals surface area contributed by atoms with Crippen molar-refractivity contribution in [3.8, 4) is 5.75 Å². The van der Waals surface area contributed by atoms with Gasteiger partial charge in [0.1, 0.15) is 5.75 Å². The number of halogens is 1. The van der Waals surface area contributed by atoms with Crippen molar-refractivity contribution in [1.82, 2.24) is 0 Å². The Bertz CT molecular complexity index is 469. The number of hydrogen-bond donors (Lipinski definition) is 0. The van der Waals surface area contributed by atoms with E-state index in [1.54, 1.807) is 12.1 Å². The third-order valence-corrected chi connectivity index (χ3v) is 2.75. The molecule has 0 atom stereocenters. The zero-order chi connectivity index (χ0) is 12.1. The lowest BCUT2D eigenvalue weighted by Gasteiger charge is -2.11. The number of hydrogen-bond acceptors (Lipinski definition) is 4. The molecule has 0 aliphatic carbocycles. The minimum atomic E-state index is -0.450. The molecule has 4 nitrogen and oxygen atoms in total. The molecule has 1 aromatic rings. The number of para-hydroxylation sites is 1. The molecule has 0 aromatic heterocycles. The molecule has 0 radical (unpaired) electrons. The molecule has 5 heteroatoms. The van der Waals surface area contributed by atoms with E-state index in [-0.39, 0.29) is 0 Å². The maximum Gasteiger partial charge on any atom is 0.363 e. The third kappa shape index (κ3) is 3.00. The summed E-state index contributed by atoms with van der Waals surface area (Å²) >= 11 is 3.29. The first kappa shape index (κ1) is 12.0. The van der Waals surface area contributed by atoms with E-state index in [2.05, 4.69) is 25.9 Å². The summed E-state index contributed by atoms with van der Waals surface area (Å²) < 4.78 is 5.21. The lowest BCUT2D eigenvalue weighted by Crippen LogP contribution is -2.32. The number of ether oxygens (including phenoxy) is 1. The number of carbonyl (C=O) groups is 1. The van der Waals surface area contributed by atoms with Crippen LogP contribution in [0, 0.1) is 0 Å². The molecule has 88 valence electrons. The topological polar surface area (TPSA) is 51.0 Å². The predicted octanol–water partition coefficient (Wildman–Crippen LogP) is 1.88. The summed E-state index contributed by atoms with van der Waals surface area (Å²) in [5.41, 5.74) is 0.967. The smallest absolute Gasteiger partial charge is 0.363 e. The molecule has 0 saturated carbocycles. The van der Waals surface area contributed by atoms with Gasteiger partial charge < -0.3 is 4.74 Å². The van der Waals surface area contributed by atoms with Crippen LogP contribution in [-0.4, -0.2) is 35.8 Å². The predicted molar refractivity (Wildman–Crippen MR) is 70.5 cm³/mol. The molecule has 1 aliphatic heterocycles. The van der Waals surface area contributed by atoms with Crippen molar-refractivity contribution in [2.75, 3.05) is 18.4 Å². The summed E-state index contributed by atoms with van der Waals surface area (Å²) in [4.78, 5) is 20.3. The molecule has 0 amide bonds. The molecule has 0 spiro atoms. The fraction of sp³-hybridized carbons (Fsp3) is 0.250. The molecule has 1 aliphatic rings. The molecule has 2 rings (SSSR count). The quantitative estimate of drug-likeness (QED) is 0.486. The minimum absolute atomic E-state index is 0.317. The van der Waals surface area contributed by atoms with Gasteiger partial charge in [-0.1, -0.05) is 34.1 Å². The lowest BCUT2D eigenvalue weighted by molar-refractivity contribution is -0.126. The van der Waals surface area contributed by atoms with Gasteiger partial charge in [-0.15, -0.1) is 0 Å². The lowest BCUT2D eigenvalue weighted by atomic mass is 10.2. The van der Waals surface area contributed by atoms with Gasteiger partial charge in [0.15, 0.2) is 5.71 Å². The second-order valence-corrected chi connectivity index (χ2v) is 3.96. The van der Waals surface area contributed by atoms with Crippen LogP contribution < -0.4 is 4.74 Å². The van der Waals surface area contributed by atoms with Crippen LogP contribution in [0.15, 0.2) is 40.3 Å². The average Bonchev–Trinajstić information content (AvgIpc) is 2.40. The van der Waals surface area contributed by atoms with E-state index in [9.17, 15) is 4.79 Å². The summed E-state index contributed by atoms with van der Waals surface area (Å²) in [5.74, 6) is 0.0637. The van der Waals surface area contributed by atoms with E-state index in [1.807, 2.05) is 18.2 Å². The molecule has 0 bridgehead atoms. The van der Waals surface area contributed by atoms with Crippen LogP contribution in [0.1, 0.15) is 0 Å². The standard InChI is InChI=1S/C12H11BrN2O2/c13-8-10-11(15-7-6-14-10)12(16)17-9-4-2-1-3-5-9/h1-5H,6-8H2. The van der Waals surface area contributed by atoms with Crippen LogP contribution >= 0.6 is 15.9 Å². The summed E-state index contributed by atoms with van der Waals surface area (Å²) in [6, 6.07) is 8.94. The normalized spacial score (nSPS) is 14.9. The summed E-state index contributed by atoms with van der Waals surface area (Å²) in [6.07, 6.45) is 0. The molecule has 17 heavy (non-hydrogen) atoms. The Kier molecular flexibility index (Phi) is 4.03. The molecule has 0 saturated heterocycles. The van der Waals surface area contributed by atoms with Gasteiger partial charge in [-0.3, -0.25) is 9.98 Å². The monoisotopic (exact) mass is 294 g/mol. The van der Waals surface area contributed by atoms with Crippen molar-refractivity contribution in [3.05, 3.63) is 30.3 Å². The van der Waals surface area contributed by atoms with Gasteiger partial charge in [0.05, 0.1) is 18.8 Å². The Balaban J connectivity index is 2.10. The van der Waals surface area contributed by atoms with Crippen LogP contribution in [0.2, 0.25) is 0 Å². The van der Waals surface area contributed by atoms with E-state index in [1.165, 1.54) is 0 Å². The van der Waals surface area contributed by atoms with Gasteiger partial charge >= 0.3 is 5.97 Å². The van der Waals surface area contributed by atoms with E-state index in [0.717, 1.165) is 0 Å². The van der Waals surface area contributed by atoms with E-state index in [0.29, 0.717) is 35.6 Å². The maximum absolute atomic E-state index is 11.9. The second kappa shape index (κ2) is 5.72. The van der Waals surface area contributed by atoms with Crippen LogP contribution in [0.25, 0.3) is 0 Å². The number of nitrogens with zero attached hydrogens (tertiary/aromatic N) is 2. The molecule has 0 N–H and O–H groups in total. The van der Waals surface area contributed by atoms with Crippen LogP contribution in [0.5, 0.6) is 5.75 Å². The van der Waals surface area contributed by atoms with Gasteiger partial charge in [-0.05, 0) is 12.1 Å². The number of aliphatic imine (C=N–C) groups is 2. The van der Waals surface area contributed by atoms with Crippen LogP contribution in [0.3, 0.4) is 0 Å². The molecular weight excluding hydrogens is 284 g/mol. The number of alkyl halides is 1. The first-order valence-corrected chi connectivity index (χ1v) is 6.35. The average molecular weight is 295 g/mol. The Hall–Kier alpha value is -1.49. The Morgan fingerprint density at radius 3 is 2.65 bits per heavy atom. The SMILES string of the molecule is O=C(Oc1ccccc1)C1=NCCN=C1CBr. The number of benzene rings is 1. The van der Waals surface area contributed by atoms with Crippen molar-refractivity contribution >= 4 is 33.3 Å². The number of esters is 1. The zero-order valence-corrected chi connectivity index (χ0v) is 10.7. The van der Waals surface area contributed by atoms with E-state index >= 15 is 0 Å². The maximum atomic E-state index is 11.9. The van der Waals surface area contributed by atoms with Crippen molar-refractivity contribution < 1.29 is 9.53 Å². The first-order valence-electron chi connectivity index (χ1n) is 5.22. The third-order valence-electron chi connectivity index (χ3n) is 2.22. The number of rotatable bonds is 3. The van der Waals surface area contributed by atoms with Crippen LogP contribution in [-0.2, 0) is 4.79 Å². The fourth-order valence-corrected chi connectivity index (χ4v) is 1.89. The van der Waals surface area contributed by atoms with Crippen molar-refractivity contribution in [3.63, 3.8) is 0 Å². The molecule has 1 heterocycles. The Morgan fingerprint density at radius 1 is 1.24 bits per heavy atom. The first-order chi connectivity index (χ1) is 8.31. The van der Waals surface area contributed by atoms with Gasteiger partial charge in [-0.25, -0.2) is 4.79 Å². The van der Waals surface area contributed by atoms with Crippen molar-refractivity contribution in [2.45, 2.75) is 0 Å². The van der Waals surface area contributed by atoms with E-state index in [4.69, 9.17) is 4.74 Å². The minimum Gasteiger partial charge on any atom is -0.422 e. The van der Waals surface area contributed by atoms with E-state index < -0.39 is 5.97 Å². The molecule has 0 fully saturated rings. The highest BCUT2D eigenvalue weighted by atomic mass is 79.9. The van der Waals surface area contributed by atoms with Gasteiger partial charge in [0.25, 0.3) is 0 Å². The summed E-state index contributed by atoms with van der Waals surface area (Å²) in [5, 5.41) is 0.510. The van der Waals surface area contributed by atoms with Gasteiger partial charge in [0, 0.05) is 5.33 Å². The zero-order valence-electron chi connectivity index (χ0n) is 9.10. The molecule has 0 unspecified atom stereocenters. The highest BCUT2D eigenvalue weighted by molar-refractivity contribution is 9.09. The van der Waals surface area contributed by atoms with Crippen molar-refractivity contribution in [2.24, 2.45) is 9.98 Å². The van der Waals surface area contributed by atoms with Crippen LogP contribution in [0.4, 0.5) is 0 Å². The Morgan fingerprint density at radius 2 is 1.94 bits per heavy atom. The van der Waals surface area contributed by atoms with Crippen molar-refractivity contribution in [1.29, 1.82) is 0 Å². The fourth-order valence-electron chi connectivity index (χ4n) is 1.44. The highest BCUT2D eigenvalue weighted by Crippen LogP contribution is 2.10. The largest absolute Gasteiger partial charge is 0.422 e. The molecule has 1 aromatic carbocycles. The summed E-state index contributed by atoms with van der Waals surface area (Å²) in [6.45, 7) is 1.17. The Labute approximate surface area is 108 Å². The summed E-state index contributed by atoms with van der Waals surface area (Å²) in [7, 11) is 0. The van der Waals surface area contributed by atoms with Gasteiger partial charge in [-0.2, -0.15) is 0 Å². The molecular formula is C12H11BrN2O2. The van der Waals surface area contributed by atoms with Gasteiger partial charge in [0.2, 0.25) is 0 Å².